The van der Waals surface area contributed by atoms with Crippen molar-refractivity contribution in [1.29, 1.82) is 0 Å². The number of urea groups is 1. The molecule has 0 aliphatic carbocycles. The fraction of sp³-hybridized carbons (Fsp3) is 0.350. The molecule has 2 aromatic rings. The van der Waals surface area contributed by atoms with Gasteiger partial charge in [0.25, 0.3) is 0 Å². The molecular formula is C20H25N3O2. The van der Waals surface area contributed by atoms with Crippen LogP contribution in [0.3, 0.4) is 0 Å². The molecule has 0 saturated carbocycles. The van der Waals surface area contributed by atoms with Gasteiger partial charge in [0, 0.05) is 24.5 Å². The lowest BCUT2D eigenvalue weighted by Crippen LogP contribution is -2.32. The first kappa shape index (κ1) is 17.1. The van der Waals surface area contributed by atoms with Gasteiger partial charge in [-0.2, -0.15) is 0 Å². The van der Waals surface area contributed by atoms with Crippen LogP contribution in [0.2, 0.25) is 0 Å². The van der Waals surface area contributed by atoms with Crippen molar-refractivity contribution >= 4 is 17.4 Å². The number of para-hydroxylation sites is 1. The predicted octanol–water partition coefficient (Wildman–Crippen LogP) is 3.80. The van der Waals surface area contributed by atoms with Crippen LogP contribution < -0.4 is 20.3 Å². The van der Waals surface area contributed by atoms with Crippen molar-refractivity contribution in [2.24, 2.45) is 0 Å². The first-order valence-electron chi connectivity index (χ1n) is 8.81. The van der Waals surface area contributed by atoms with Crippen LogP contribution in [0.25, 0.3) is 0 Å². The lowest BCUT2D eigenvalue weighted by atomic mass is 10.2. The van der Waals surface area contributed by atoms with Gasteiger partial charge < -0.3 is 20.3 Å². The first-order chi connectivity index (χ1) is 12.2. The normalized spacial score (nSPS) is 13.6. The molecule has 1 aliphatic heterocycles. The van der Waals surface area contributed by atoms with Gasteiger partial charge in [0.1, 0.15) is 12.4 Å². The highest BCUT2D eigenvalue weighted by Crippen LogP contribution is 2.22. The maximum atomic E-state index is 11.9. The topological polar surface area (TPSA) is 53.6 Å². The number of benzene rings is 2. The minimum absolute atomic E-state index is 0.220. The monoisotopic (exact) mass is 339 g/mol. The Bertz CT molecular complexity index is 694. The summed E-state index contributed by atoms with van der Waals surface area (Å²) in [5, 5.41) is 5.65. The average Bonchev–Trinajstić information content (AvgIpc) is 3.15. The molecule has 5 nitrogen and oxygen atoms in total. The van der Waals surface area contributed by atoms with E-state index in [2.05, 4.69) is 27.7 Å². The van der Waals surface area contributed by atoms with Crippen molar-refractivity contribution in [2.45, 2.75) is 19.8 Å². The van der Waals surface area contributed by atoms with E-state index < -0.39 is 0 Å². The fourth-order valence-electron chi connectivity index (χ4n) is 2.95. The number of carbonyl (C=O) groups excluding carboxylic acids is 1. The maximum absolute atomic E-state index is 11.9. The molecule has 0 unspecified atom stereocenters. The van der Waals surface area contributed by atoms with Gasteiger partial charge in [0.2, 0.25) is 0 Å². The standard InChI is InChI=1S/C20H25N3O2/c1-16-6-2-3-7-19(16)25-15-12-21-20(24)22-17-8-10-18(11-9-17)23-13-4-5-14-23/h2-3,6-11H,4-5,12-15H2,1H3,(H2,21,22,24). The minimum atomic E-state index is -0.220. The zero-order chi connectivity index (χ0) is 17.5. The van der Waals surface area contributed by atoms with Gasteiger partial charge in [0.15, 0.2) is 0 Å². The van der Waals surface area contributed by atoms with E-state index in [-0.39, 0.29) is 6.03 Å². The lowest BCUT2D eigenvalue weighted by Gasteiger charge is -2.17. The summed E-state index contributed by atoms with van der Waals surface area (Å²) in [5.41, 5.74) is 3.10. The van der Waals surface area contributed by atoms with E-state index in [1.807, 2.05) is 43.3 Å². The van der Waals surface area contributed by atoms with Gasteiger partial charge in [-0.05, 0) is 55.7 Å². The summed E-state index contributed by atoms with van der Waals surface area (Å²) in [6.07, 6.45) is 2.51. The number of carbonyl (C=O) groups is 1. The summed E-state index contributed by atoms with van der Waals surface area (Å²) in [7, 11) is 0. The Kier molecular flexibility index (Phi) is 5.77. The van der Waals surface area contributed by atoms with E-state index in [1.54, 1.807) is 0 Å². The molecule has 1 heterocycles. The van der Waals surface area contributed by atoms with E-state index in [0.29, 0.717) is 13.2 Å². The molecule has 0 bridgehead atoms. The quantitative estimate of drug-likeness (QED) is 0.787. The molecule has 1 saturated heterocycles. The third-order valence-electron chi connectivity index (χ3n) is 4.34. The molecule has 0 atom stereocenters. The number of nitrogens with zero attached hydrogens (tertiary/aromatic N) is 1. The fourth-order valence-corrected chi connectivity index (χ4v) is 2.95. The summed E-state index contributed by atoms with van der Waals surface area (Å²) in [4.78, 5) is 14.3. The molecule has 1 aliphatic rings. The van der Waals surface area contributed by atoms with Gasteiger partial charge in [-0.1, -0.05) is 18.2 Å². The van der Waals surface area contributed by atoms with Crippen molar-refractivity contribution in [2.75, 3.05) is 36.5 Å². The van der Waals surface area contributed by atoms with Crippen LogP contribution in [0.5, 0.6) is 5.75 Å². The Labute approximate surface area is 149 Å². The summed E-state index contributed by atoms with van der Waals surface area (Å²) in [6, 6.07) is 15.6. The molecule has 132 valence electrons. The van der Waals surface area contributed by atoms with Crippen molar-refractivity contribution in [1.82, 2.24) is 5.32 Å². The SMILES string of the molecule is Cc1ccccc1OCCNC(=O)Nc1ccc(N2CCCC2)cc1. The van der Waals surface area contributed by atoms with Crippen molar-refractivity contribution in [3.8, 4) is 5.75 Å². The van der Waals surface area contributed by atoms with E-state index >= 15 is 0 Å². The Morgan fingerprint density at radius 1 is 1.08 bits per heavy atom. The van der Waals surface area contributed by atoms with E-state index in [0.717, 1.165) is 30.1 Å². The first-order valence-corrected chi connectivity index (χ1v) is 8.81. The molecule has 5 heteroatoms. The Morgan fingerprint density at radius 3 is 2.52 bits per heavy atom. The number of aryl methyl sites for hydroxylation is 1. The number of nitrogens with one attached hydrogen (secondary N) is 2. The Morgan fingerprint density at radius 2 is 1.80 bits per heavy atom. The van der Waals surface area contributed by atoms with Crippen LogP contribution >= 0.6 is 0 Å². The van der Waals surface area contributed by atoms with E-state index in [4.69, 9.17) is 4.74 Å². The summed E-state index contributed by atoms with van der Waals surface area (Å²) in [6.45, 7) is 5.13. The Balaban J connectivity index is 1.39. The van der Waals surface area contributed by atoms with E-state index in [1.165, 1.54) is 18.5 Å². The van der Waals surface area contributed by atoms with Crippen molar-refractivity contribution in [3.05, 3.63) is 54.1 Å². The van der Waals surface area contributed by atoms with Gasteiger partial charge in [0.05, 0.1) is 6.54 Å². The third-order valence-corrected chi connectivity index (χ3v) is 4.34. The van der Waals surface area contributed by atoms with Gasteiger partial charge in [-0.3, -0.25) is 0 Å². The smallest absolute Gasteiger partial charge is 0.319 e. The average molecular weight is 339 g/mol. The molecule has 0 radical (unpaired) electrons. The highest BCUT2D eigenvalue weighted by Gasteiger charge is 2.12. The zero-order valence-corrected chi connectivity index (χ0v) is 14.6. The van der Waals surface area contributed by atoms with Crippen LogP contribution in [0.4, 0.5) is 16.2 Å². The second-order valence-corrected chi connectivity index (χ2v) is 6.24. The number of anilines is 2. The number of rotatable bonds is 6. The molecular weight excluding hydrogens is 314 g/mol. The lowest BCUT2D eigenvalue weighted by molar-refractivity contribution is 0.247. The molecule has 0 aromatic heterocycles. The highest BCUT2D eigenvalue weighted by atomic mass is 16.5. The van der Waals surface area contributed by atoms with Crippen LogP contribution in [0.1, 0.15) is 18.4 Å². The Hall–Kier alpha value is -2.69. The van der Waals surface area contributed by atoms with Crippen LogP contribution in [-0.4, -0.2) is 32.3 Å². The zero-order valence-electron chi connectivity index (χ0n) is 14.6. The molecule has 2 N–H and O–H groups in total. The molecule has 2 aromatic carbocycles. The highest BCUT2D eigenvalue weighted by molar-refractivity contribution is 5.89. The van der Waals surface area contributed by atoms with Crippen LogP contribution in [0, 0.1) is 6.92 Å². The summed E-state index contributed by atoms with van der Waals surface area (Å²) < 4.78 is 5.66. The minimum Gasteiger partial charge on any atom is -0.491 e. The van der Waals surface area contributed by atoms with Gasteiger partial charge in [-0.25, -0.2) is 4.79 Å². The van der Waals surface area contributed by atoms with Crippen LogP contribution in [0.15, 0.2) is 48.5 Å². The van der Waals surface area contributed by atoms with E-state index in [9.17, 15) is 4.79 Å². The molecule has 25 heavy (non-hydrogen) atoms. The summed E-state index contributed by atoms with van der Waals surface area (Å²) in [5.74, 6) is 0.849. The second kappa shape index (κ2) is 8.42. The molecule has 0 spiro atoms. The maximum Gasteiger partial charge on any atom is 0.319 e. The number of hydrogen-bond acceptors (Lipinski definition) is 3. The third kappa shape index (κ3) is 4.89. The van der Waals surface area contributed by atoms with Crippen molar-refractivity contribution in [3.63, 3.8) is 0 Å². The molecule has 1 fully saturated rings. The summed E-state index contributed by atoms with van der Waals surface area (Å²) >= 11 is 0. The number of ether oxygens (including phenoxy) is 1. The van der Waals surface area contributed by atoms with Crippen molar-refractivity contribution < 1.29 is 9.53 Å². The van der Waals surface area contributed by atoms with Gasteiger partial charge in [-0.15, -0.1) is 0 Å². The van der Waals surface area contributed by atoms with Crippen LogP contribution in [-0.2, 0) is 0 Å². The largest absolute Gasteiger partial charge is 0.491 e. The van der Waals surface area contributed by atoms with Gasteiger partial charge >= 0.3 is 6.03 Å². The number of hydrogen-bond donors (Lipinski definition) is 2. The number of amides is 2. The molecule has 3 rings (SSSR count). The molecule has 2 amide bonds. The predicted molar refractivity (Wildman–Crippen MR) is 102 cm³/mol. The second-order valence-electron chi connectivity index (χ2n) is 6.24.